The van der Waals surface area contributed by atoms with Crippen LogP contribution in [0.5, 0.6) is 0 Å². The second kappa shape index (κ2) is 8.42. The van der Waals surface area contributed by atoms with E-state index < -0.39 is 0 Å². The molecule has 0 radical (unpaired) electrons. The summed E-state index contributed by atoms with van der Waals surface area (Å²) in [6.45, 7) is 4.16. The monoisotopic (exact) mass is 414 g/mol. The minimum atomic E-state index is -0.269. The second-order valence-electron chi connectivity index (χ2n) is 7.38. The quantitative estimate of drug-likeness (QED) is 0.511. The molecule has 146 valence electrons. The van der Waals surface area contributed by atoms with E-state index in [2.05, 4.69) is 37.3 Å². The lowest BCUT2D eigenvalue weighted by molar-refractivity contribution is 0.00503. The van der Waals surface area contributed by atoms with Gasteiger partial charge in [-0.1, -0.05) is 38.9 Å². The third-order valence-electron chi connectivity index (χ3n) is 5.10. The van der Waals surface area contributed by atoms with Crippen molar-refractivity contribution in [2.75, 3.05) is 0 Å². The Morgan fingerprint density at radius 3 is 2.68 bits per heavy atom. The summed E-state index contributed by atoms with van der Waals surface area (Å²) in [4.78, 5) is 2.43. The van der Waals surface area contributed by atoms with Crippen LogP contribution in [0.3, 0.4) is 0 Å². The molecule has 1 aromatic heterocycles. The Balaban J connectivity index is 1.54. The lowest BCUT2D eigenvalue weighted by Gasteiger charge is -2.32. The molecule has 0 bridgehead atoms. The molecule has 2 heterocycles. The van der Waals surface area contributed by atoms with E-state index in [4.69, 9.17) is 4.74 Å². The van der Waals surface area contributed by atoms with Crippen molar-refractivity contribution in [1.82, 2.24) is 0 Å². The smallest absolute Gasteiger partial charge is 0.123 e. The molecule has 0 saturated carbocycles. The molecule has 0 amide bonds. The molecule has 3 aromatic rings. The Morgan fingerprint density at radius 1 is 1.14 bits per heavy atom. The van der Waals surface area contributed by atoms with Crippen LogP contribution in [0.4, 0.5) is 4.39 Å². The summed E-state index contributed by atoms with van der Waals surface area (Å²) in [6, 6.07) is 17.4. The van der Waals surface area contributed by atoms with Crippen molar-refractivity contribution in [3.8, 4) is 10.4 Å². The summed E-state index contributed by atoms with van der Waals surface area (Å²) in [5.41, 5.74) is 4.74. The van der Waals surface area contributed by atoms with Crippen molar-refractivity contribution < 1.29 is 14.2 Å². The van der Waals surface area contributed by atoms with Gasteiger partial charge in [0.25, 0.3) is 0 Å². The average Bonchev–Trinajstić information content (AvgIpc) is 3.12. The van der Waals surface area contributed by atoms with Crippen LogP contribution in [0.15, 0.2) is 54.6 Å². The van der Waals surface area contributed by atoms with Gasteiger partial charge in [-0.05, 0) is 60.4 Å². The predicted molar refractivity (Wildman–Crippen MR) is 116 cm³/mol. The summed E-state index contributed by atoms with van der Waals surface area (Å²) >= 11 is 1.75. The number of hydrogen-bond donors (Lipinski definition) is 1. The summed E-state index contributed by atoms with van der Waals surface area (Å²) in [6.07, 6.45) is 1.66. The first-order valence-corrected chi connectivity index (χ1v) is 11.5. The van der Waals surface area contributed by atoms with Crippen molar-refractivity contribution in [2.24, 2.45) is 0 Å². The molecule has 4 unspecified atom stereocenters. The summed E-state index contributed by atoms with van der Waals surface area (Å²) in [5.74, 6) is -0.497. The van der Waals surface area contributed by atoms with Crippen LogP contribution in [0, 0.1) is 12.7 Å². The molecule has 1 N–H and O–H groups in total. The highest BCUT2D eigenvalue weighted by atomic mass is 32.1. The molecule has 0 spiro atoms. The summed E-state index contributed by atoms with van der Waals surface area (Å²) in [7, 11) is 0.380. The average molecular weight is 414 g/mol. The van der Waals surface area contributed by atoms with Gasteiger partial charge in [0.15, 0.2) is 0 Å². The van der Waals surface area contributed by atoms with Gasteiger partial charge in [0.2, 0.25) is 0 Å². The lowest BCUT2D eigenvalue weighted by Crippen LogP contribution is -2.23. The van der Waals surface area contributed by atoms with E-state index >= 15 is 0 Å². The Labute approximate surface area is 171 Å². The molecule has 1 fully saturated rings. The third-order valence-corrected chi connectivity index (χ3v) is 7.63. The van der Waals surface area contributed by atoms with Gasteiger partial charge in [0, 0.05) is 22.6 Å². The molecule has 28 heavy (non-hydrogen) atoms. The fourth-order valence-corrected chi connectivity index (χ4v) is 6.07. The van der Waals surface area contributed by atoms with E-state index in [9.17, 15) is 9.50 Å². The molecular formula is C23H24FO2PS. The Kier molecular flexibility index (Phi) is 5.93. The van der Waals surface area contributed by atoms with Crippen molar-refractivity contribution in [3.05, 3.63) is 82.0 Å². The maximum atomic E-state index is 13.2. The molecule has 4 rings (SSSR count). The van der Waals surface area contributed by atoms with Crippen LogP contribution in [-0.2, 0) is 11.2 Å². The van der Waals surface area contributed by atoms with Gasteiger partial charge in [-0.15, -0.1) is 11.3 Å². The maximum Gasteiger partial charge on any atom is 0.123 e. The van der Waals surface area contributed by atoms with E-state index in [0.29, 0.717) is 8.58 Å². The Morgan fingerprint density at radius 2 is 1.93 bits per heavy atom. The number of benzene rings is 2. The number of ether oxygens (including phenoxy) is 1. The highest BCUT2D eigenvalue weighted by Crippen LogP contribution is 2.45. The number of aliphatic hydroxyl groups excluding tert-OH is 1. The Bertz CT molecular complexity index is 943. The second-order valence-corrected chi connectivity index (χ2v) is 10.1. The van der Waals surface area contributed by atoms with Crippen LogP contribution in [0.1, 0.15) is 40.8 Å². The summed E-state index contributed by atoms with van der Waals surface area (Å²) in [5, 5.41) is 10.1. The van der Waals surface area contributed by atoms with Crippen molar-refractivity contribution in [1.29, 1.82) is 0 Å². The van der Waals surface area contributed by atoms with E-state index in [1.165, 1.54) is 28.1 Å². The van der Waals surface area contributed by atoms with Crippen molar-refractivity contribution in [2.45, 2.75) is 44.5 Å². The zero-order valence-electron chi connectivity index (χ0n) is 16.0. The van der Waals surface area contributed by atoms with Crippen molar-refractivity contribution >= 4 is 19.9 Å². The highest BCUT2D eigenvalue weighted by molar-refractivity contribution is 7.38. The maximum absolute atomic E-state index is 13.2. The van der Waals surface area contributed by atoms with Gasteiger partial charge in [0.1, 0.15) is 11.7 Å². The van der Waals surface area contributed by atoms with E-state index in [0.717, 1.165) is 28.8 Å². The van der Waals surface area contributed by atoms with Crippen LogP contribution in [0.2, 0.25) is 0 Å². The van der Waals surface area contributed by atoms with Gasteiger partial charge < -0.3 is 9.84 Å². The zero-order chi connectivity index (χ0) is 19.7. The number of aryl methyl sites for hydroxylation is 1. The molecular weight excluding hydrogens is 390 g/mol. The first-order valence-electron chi connectivity index (χ1n) is 9.51. The topological polar surface area (TPSA) is 29.5 Å². The van der Waals surface area contributed by atoms with E-state index in [1.807, 2.05) is 19.1 Å². The molecule has 4 atom stereocenters. The molecule has 1 saturated heterocycles. The molecule has 1 aliphatic rings. The number of aliphatic hydroxyl groups is 1. The molecule has 1 aliphatic heterocycles. The normalized spacial score (nSPS) is 23.2. The molecule has 0 aliphatic carbocycles. The van der Waals surface area contributed by atoms with Crippen LogP contribution >= 0.6 is 19.9 Å². The van der Waals surface area contributed by atoms with E-state index in [1.54, 1.807) is 11.3 Å². The fraction of sp³-hybridized carbons (Fsp3) is 0.304. The highest BCUT2D eigenvalue weighted by Gasteiger charge is 2.27. The minimum Gasteiger partial charge on any atom is -0.389 e. The molecule has 2 nitrogen and oxygen atoms in total. The summed E-state index contributed by atoms with van der Waals surface area (Å²) < 4.78 is 19.2. The van der Waals surface area contributed by atoms with Crippen LogP contribution < -0.4 is 0 Å². The third kappa shape index (κ3) is 4.52. The van der Waals surface area contributed by atoms with Crippen LogP contribution in [0.25, 0.3) is 10.4 Å². The fourth-order valence-electron chi connectivity index (χ4n) is 3.53. The first kappa shape index (κ1) is 19.7. The largest absolute Gasteiger partial charge is 0.389 e. The van der Waals surface area contributed by atoms with Crippen LogP contribution in [-0.4, -0.2) is 17.1 Å². The number of hydrogen-bond acceptors (Lipinski definition) is 3. The molecule has 5 heteroatoms. The van der Waals surface area contributed by atoms with Gasteiger partial charge in [-0.2, -0.15) is 0 Å². The predicted octanol–water partition coefficient (Wildman–Crippen LogP) is 6.26. The Hall–Kier alpha value is -1.58. The minimum absolute atomic E-state index is 0.0174. The van der Waals surface area contributed by atoms with Gasteiger partial charge in [-0.3, -0.25) is 0 Å². The van der Waals surface area contributed by atoms with E-state index in [-0.39, 0.29) is 23.6 Å². The molecule has 2 aromatic carbocycles. The number of rotatable bonds is 4. The van der Waals surface area contributed by atoms with Gasteiger partial charge in [-0.25, -0.2) is 4.39 Å². The lowest BCUT2D eigenvalue weighted by atomic mass is 10.0. The number of halogens is 1. The first-order chi connectivity index (χ1) is 13.5. The number of thiophene rings is 1. The SMILES string of the molecule is Cc1ccc(C2OC(C)CC(O)P2)cc1Cc1ccc(-c2ccc(F)cc2)s1. The zero-order valence-corrected chi connectivity index (χ0v) is 17.8. The van der Waals surface area contributed by atoms with Gasteiger partial charge in [0.05, 0.1) is 11.9 Å². The standard InChI is InChI=1S/C23H24FO2PS/c1-14-3-4-17(23-26-15(2)11-22(25)27-23)12-18(14)13-20-9-10-21(28-20)16-5-7-19(24)8-6-16/h3-10,12,15,22-23,25,27H,11,13H2,1-2H3. The van der Waals surface area contributed by atoms with Crippen molar-refractivity contribution in [3.63, 3.8) is 0 Å². The van der Waals surface area contributed by atoms with Gasteiger partial charge >= 0.3 is 0 Å².